The summed E-state index contributed by atoms with van der Waals surface area (Å²) in [6.07, 6.45) is 3.76. The Labute approximate surface area is 120 Å². The van der Waals surface area contributed by atoms with Crippen molar-refractivity contribution in [3.8, 4) is 11.5 Å². The minimum atomic E-state index is 0.274. The first-order valence-electron chi connectivity index (χ1n) is 7.70. The van der Waals surface area contributed by atoms with Gasteiger partial charge in [0.15, 0.2) is 17.3 Å². The number of hydrogen-bond acceptors (Lipinski definition) is 3. The van der Waals surface area contributed by atoms with Gasteiger partial charge in [-0.15, -0.1) is 0 Å². The van der Waals surface area contributed by atoms with Crippen LogP contribution >= 0.6 is 0 Å². The first-order valence-corrected chi connectivity index (χ1v) is 7.70. The van der Waals surface area contributed by atoms with Crippen LogP contribution < -0.4 is 9.47 Å². The third-order valence-electron chi connectivity index (χ3n) is 4.54. The van der Waals surface area contributed by atoms with Gasteiger partial charge in [0.1, 0.15) is 0 Å². The highest BCUT2D eigenvalue weighted by atomic mass is 16.5. The van der Waals surface area contributed by atoms with E-state index in [9.17, 15) is 4.79 Å². The molecule has 0 radical (unpaired) electrons. The molecule has 2 unspecified atom stereocenters. The monoisotopic (exact) mass is 274 g/mol. The largest absolute Gasteiger partial charge is 0.490 e. The molecule has 108 valence electrons. The van der Waals surface area contributed by atoms with E-state index < -0.39 is 0 Å². The number of hydrogen-bond donors (Lipinski definition) is 0. The van der Waals surface area contributed by atoms with Crippen molar-refractivity contribution in [3.63, 3.8) is 0 Å². The zero-order valence-electron chi connectivity index (χ0n) is 12.2. The molecule has 2 aliphatic carbocycles. The lowest BCUT2D eigenvalue weighted by Gasteiger charge is -2.12. The lowest BCUT2D eigenvalue weighted by atomic mass is 10.0. The molecule has 2 atom stereocenters. The van der Waals surface area contributed by atoms with Crippen LogP contribution in [0, 0.1) is 17.8 Å². The number of rotatable bonds is 6. The molecule has 3 rings (SSSR count). The maximum absolute atomic E-state index is 12.5. The van der Waals surface area contributed by atoms with Crippen molar-refractivity contribution in [1.29, 1.82) is 0 Å². The molecule has 0 amide bonds. The fraction of sp³-hybridized carbons (Fsp3) is 0.588. The SMILES string of the molecule is CCOc1ccc(C(=O)C2C3CCCC32)cc1OCC. The van der Waals surface area contributed by atoms with Gasteiger partial charge in [-0.1, -0.05) is 6.42 Å². The molecule has 3 heteroatoms. The Balaban J connectivity index is 1.79. The number of carbonyl (C=O) groups is 1. The third kappa shape index (κ3) is 2.30. The fourth-order valence-electron chi connectivity index (χ4n) is 3.61. The predicted octanol–water partition coefficient (Wildman–Crippen LogP) is 3.71. The molecule has 0 aromatic heterocycles. The average molecular weight is 274 g/mol. The third-order valence-corrected chi connectivity index (χ3v) is 4.54. The van der Waals surface area contributed by atoms with Crippen LogP contribution in [0.5, 0.6) is 11.5 Å². The van der Waals surface area contributed by atoms with Gasteiger partial charge in [-0.05, 0) is 56.7 Å². The van der Waals surface area contributed by atoms with Gasteiger partial charge in [0.25, 0.3) is 0 Å². The molecule has 0 bridgehead atoms. The molecule has 2 aliphatic rings. The van der Waals surface area contributed by atoms with Gasteiger partial charge in [-0.3, -0.25) is 4.79 Å². The minimum Gasteiger partial charge on any atom is -0.490 e. The molecule has 0 spiro atoms. The van der Waals surface area contributed by atoms with Crippen molar-refractivity contribution in [2.24, 2.45) is 17.8 Å². The highest BCUT2D eigenvalue weighted by molar-refractivity contribution is 6.00. The van der Waals surface area contributed by atoms with E-state index in [1.165, 1.54) is 19.3 Å². The van der Waals surface area contributed by atoms with E-state index in [1.807, 2.05) is 32.0 Å². The number of benzene rings is 1. The lowest BCUT2D eigenvalue weighted by molar-refractivity contribution is 0.0951. The van der Waals surface area contributed by atoms with Crippen molar-refractivity contribution in [2.45, 2.75) is 33.1 Å². The molecule has 2 fully saturated rings. The summed E-state index contributed by atoms with van der Waals surface area (Å²) in [6.45, 7) is 5.06. The van der Waals surface area contributed by atoms with Crippen LogP contribution in [-0.4, -0.2) is 19.0 Å². The second-order valence-electron chi connectivity index (χ2n) is 5.68. The summed E-state index contributed by atoms with van der Waals surface area (Å²) in [5.41, 5.74) is 0.774. The highest BCUT2D eigenvalue weighted by Crippen LogP contribution is 2.58. The van der Waals surface area contributed by atoms with E-state index in [2.05, 4.69) is 0 Å². The maximum atomic E-state index is 12.5. The standard InChI is InChI=1S/C17H22O3/c1-3-19-14-9-8-11(10-15(14)20-4-2)17(18)16-12-6-5-7-13(12)16/h8-10,12-13,16H,3-7H2,1-2H3. The second kappa shape index (κ2) is 5.47. The summed E-state index contributed by atoms with van der Waals surface area (Å²) in [6, 6.07) is 5.59. The van der Waals surface area contributed by atoms with E-state index in [1.54, 1.807) is 0 Å². The number of ether oxygens (including phenoxy) is 2. The normalized spacial score (nSPS) is 27.0. The predicted molar refractivity (Wildman–Crippen MR) is 77.4 cm³/mol. The minimum absolute atomic E-state index is 0.274. The summed E-state index contributed by atoms with van der Waals surface area (Å²) in [7, 11) is 0. The molecule has 2 saturated carbocycles. The van der Waals surface area contributed by atoms with Crippen molar-refractivity contribution < 1.29 is 14.3 Å². The van der Waals surface area contributed by atoms with E-state index in [0.29, 0.717) is 36.6 Å². The molecule has 0 aliphatic heterocycles. The zero-order valence-corrected chi connectivity index (χ0v) is 12.2. The molecule has 3 nitrogen and oxygen atoms in total. The summed E-state index contributed by atoms with van der Waals surface area (Å²) < 4.78 is 11.1. The van der Waals surface area contributed by atoms with Gasteiger partial charge < -0.3 is 9.47 Å². The molecule has 20 heavy (non-hydrogen) atoms. The Hall–Kier alpha value is -1.51. The number of carbonyl (C=O) groups excluding carboxylic acids is 1. The molecule has 0 saturated heterocycles. The smallest absolute Gasteiger partial charge is 0.166 e. The Morgan fingerprint density at radius 1 is 1.10 bits per heavy atom. The Morgan fingerprint density at radius 2 is 1.75 bits per heavy atom. The van der Waals surface area contributed by atoms with E-state index >= 15 is 0 Å². The molecule has 0 heterocycles. The van der Waals surface area contributed by atoms with Gasteiger partial charge in [-0.25, -0.2) is 0 Å². The lowest BCUT2D eigenvalue weighted by Crippen LogP contribution is -2.07. The first-order chi connectivity index (χ1) is 9.76. The van der Waals surface area contributed by atoms with Crippen LogP contribution in [0.2, 0.25) is 0 Å². The zero-order chi connectivity index (χ0) is 14.1. The van der Waals surface area contributed by atoms with E-state index in [4.69, 9.17) is 9.47 Å². The van der Waals surface area contributed by atoms with Crippen LogP contribution in [0.1, 0.15) is 43.5 Å². The molecule has 1 aromatic carbocycles. The summed E-state index contributed by atoms with van der Waals surface area (Å²) >= 11 is 0. The molecular formula is C17H22O3. The Morgan fingerprint density at radius 3 is 2.40 bits per heavy atom. The van der Waals surface area contributed by atoms with E-state index in [0.717, 1.165) is 11.3 Å². The molecular weight excluding hydrogens is 252 g/mol. The molecule has 0 N–H and O–H groups in total. The fourth-order valence-corrected chi connectivity index (χ4v) is 3.61. The summed E-state index contributed by atoms with van der Waals surface area (Å²) in [4.78, 5) is 12.5. The van der Waals surface area contributed by atoms with Crippen LogP contribution in [0.15, 0.2) is 18.2 Å². The topological polar surface area (TPSA) is 35.5 Å². The van der Waals surface area contributed by atoms with Crippen molar-refractivity contribution in [3.05, 3.63) is 23.8 Å². The Bertz CT molecular complexity index is 499. The van der Waals surface area contributed by atoms with Gasteiger partial charge in [0, 0.05) is 11.5 Å². The van der Waals surface area contributed by atoms with Crippen LogP contribution in [0.3, 0.4) is 0 Å². The molecule has 1 aromatic rings. The summed E-state index contributed by atoms with van der Waals surface area (Å²) in [5.74, 6) is 3.29. The average Bonchev–Trinajstić information content (AvgIpc) is 2.93. The van der Waals surface area contributed by atoms with Gasteiger partial charge in [-0.2, -0.15) is 0 Å². The van der Waals surface area contributed by atoms with Crippen LogP contribution in [0.4, 0.5) is 0 Å². The maximum Gasteiger partial charge on any atom is 0.166 e. The van der Waals surface area contributed by atoms with Gasteiger partial charge >= 0.3 is 0 Å². The highest BCUT2D eigenvalue weighted by Gasteiger charge is 2.56. The van der Waals surface area contributed by atoms with Crippen LogP contribution in [-0.2, 0) is 0 Å². The van der Waals surface area contributed by atoms with Gasteiger partial charge in [0.05, 0.1) is 13.2 Å². The van der Waals surface area contributed by atoms with Gasteiger partial charge in [0.2, 0.25) is 0 Å². The number of ketones is 1. The van der Waals surface area contributed by atoms with Crippen molar-refractivity contribution >= 4 is 5.78 Å². The van der Waals surface area contributed by atoms with Crippen LogP contribution in [0.25, 0.3) is 0 Å². The van der Waals surface area contributed by atoms with Crippen molar-refractivity contribution in [1.82, 2.24) is 0 Å². The quantitative estimate of drug-likeness (QED) is 0.742. The first kappa shape index (κ1) is 13.5. The number of Topliss-reactive ketones (excluding diaryl/α,β-unsaturated/α-hetero) is 1. The Kier molecular flexibility index (Phi) is 3.68. The second-order valence-corrected chi connectivity index (χ2v) is 5.68. The summed E-state index contributed by atoms with van der Waals surface area (Å²) in [5, 5.41) is 0. The number of fused-ring (bicyclic) bond motifs is 1. The van der Waals surface area contributed by atoms with E-state index in [-0.39, 0.29) is 5.92 Å². The van der Waals surface area contributed by atoms with Crippen molar-refractivity contribution in [2.75, 3.05) is 13.2 Å².